The minimum absolute atomic E-state index is 0.268. The van der Waals surface area contributed by atoms with Gasteiger partial charge in [-0.15, -0.1) is 0 Å². The Morgan fingerprint density at radius 2 is 1.96 bits per heavy atom. The number of hydrogen-bond acceptors (Lipinski definition) is 4. The van der Waals surface area contributed by atoms with Gasteiger partial charge in [-0.2, -0.15) is 5.10 Å². The quantitative estimate of drug-likeness (QED) is 0.773. The molecule has 1 aromatic carbocycles. The molecule has 0 aliphatic carbocycles. The van der Waals surface area contributed by atoms with Crippen LogP contribution in [0.15, 0.2) is 36.5 Å². The van der Waals surface area contributed by atoms with E-state index in [2.05, 4.69) is 56.2 Å². The van der Waals surface area contributed by atoms with E-state index in [1.165, 1.54) is 5.56 Å². The van der Waals surface area contributed by atoms with Gasteiger partial charge < -0.3 is 10.1 Å². The maximum Gasteiger partial charge on any atom is 0.0826 e. The van der Waals surface area contributed by atoms with Crippen molar-refractivity contribution in [1.82, 2.24) is 20.0 Å². The fraction of sp³-hybridized carbons (Fsp3) is 0.591. The molecule has 5 nitrogen and oxygen atoms in total. The van der Waals surface area contributed by atoms with Crippen molar-refractivity contribution in [1.29, 1.82) is 0 Å². The van der Waals surface area contributed by atoms with Gasteiger partial charge in [0.2, 0.25) is 0 Å². The molecular weight excluding hydrogens is 336 g/mol. The smallest absolute Gasteiger partial charge is 0.0826 e. The average molecular weight is 371 g/mol. The molecule has 1 atom stereocenters. The second-order valence-corrected chi connectivity index (χ2v) is 8.25. The Morgan fingerprint density at radius 3 is 2.67 bits per heavy atom. The number of benzene rings is 1. The van der Waals surface area contributed by atoms with Gasteiger partial charge in [0.15, 0.2) is 0 Å². The van der Waals surface area contributed by atoms with Gasteiger partial charge in [-0.3, -0.25) is 4.90 Å². The lowest BCUT2D eigenvalue weighted by Crippen LogP contribution is -2.47. The van der Waals surface area contributed by atoms with Gasteiger partial charge in [0.1, 0.15) is 0 Å². The van der Waals surface area contributed by atoms with Crippen LogP contribution in [0.3, 0.4) is 0 Å². The van der Waals surface area contributed by atoms with Gasteiger partial charge in [0.05, 0.1) is 24.1 Å². The molecule has 0 amide bonds. The molecule has 1 aliphatic heterocycles. The van der Waals surface area contributed by atoms with Crippen LogP contribution in [0.4, 0.5) is 0 Å². The Balaban J connectivity index is 1.58. The number of rotatable bonds is 8. The fourth-order valence-corrected chi connectivity index (χ4v) is 3.71. The van der Waals surface area contributed by atoms with Crippen molar-refractivity contribution in [2.75, 3.05) is 32.8 Å². The Labute approximate surface area is 163 Å². The van der Waals surface area contributed by atoms with E-state index >= 15 is 0 Å². The predicted octanol–water partition coefficient (Wildman–Crippen LogP) is 3.44. The Morgan fingerprint density at radius 1 is 1.19 bits per heavy atom. The number of para-hydroxylation sites is 1. The van der Waals surface area contributed by atoms with Crippen molar-refractivity contribution in [3.8, 4) is 5.69 Å². The van der Waals surface area contributed by atoms with Gasteiger partial charge in [-0.05, 0) is 24.0 Å². The molecule has 2 aromatic rings. The Hall–Kier alpha value is -1.69. The molecule has 0 bridgehead atoms. The van der Waals surface area contributed by atoms with E-state index in [0.29, 0.717) is 11.8 Å². The zero-order chi connectivity index (χ0) is 19.2. The van der Waals surface area contributed by atoms with Crippen LogP contribution in [-0.2, 0) is 11.3 Å². The summed E-state index contributed by atoms with van der Waals surface area (Å²) in [6, 6.07) is 10.3. The Bertz CT molecular complexity index is 696. The normalized spacial score (nSPS) is 18.5. The molecule has 1 fully saturated rings. The third-order valence-electron chi connectivity index (χ3n) is 4.92. The van der Waals surface area contributed by atoms with Crippen LogP contribution in [0, 0.1) is 5.92 Å². The van der Waals surface area contributed by atoms with Crippen LogP contribution >= 0.6 is 0 Å². The molecule has 0 spiro atoms. The van der Waals surface area contributed by atoms with E-state index in [4.69, 9.17) is 9.84 Å². The molecule has 0 saturated carbocycles. The molecule has 0 radical (unpaired) electrons. The SMILES string of the molecule is CC(C)CN1CCOC(CNCc2cn(-c3ccccc3)nc2C(C)C)C1. The molecular formula is C22H34N4O. The number of aromatic nitrogens is 2. The molecule has 1 unspecified atom stereocenters. The summed E-state index contributed by atoms with van der Waals surface area (Å²) in [5.74, 6) is 1.10. The third-order valence-corrected chi connectivity index (χ3v) is 4.92. The Kier molecular flexibility index (Phi) is 7.05. The summed E-state index contributed by atoms with van der Waals surface area (Å²) in [4.78, 5) is 2.52. The summed E-state index contributed by atoms with van der Waals surface area (Å²) in [6.07, 6.45) is 2.42. The minimum Gasteiger partial charge on any atom is -0.374 e. The lowest BCUT2D eigenvalue weighted by molar-refractivity contribution is -0.0303. The van der Waals surface area contributed by atoms with Crippen molar-refractivity contribution >= 4 is 0 Å². The van der Waals surface area contributed by atoms with Gasteiger partial charge in [0, 0.05) is 44.5 Å². The van der Waals surface area contributed by atoms with E-state index in [1.807, 2.05) is 22.9 Å². The minimum atomic E-state index is 0.268. The predicted molar refractivity (Wildman–Crippen MR) is 110 cm³/mol. The van der Waals surface area contributed by atoms with Crippen molar-refractivity contribution < 1.29 is 4.74 Å². The summed E-state index contributed by atoms with van der Waals surface area (Å²) < 4.78 is 7.95. The molecule has 3 rings (SSSR count). The fourth-order valence-electron chi connectivity index (χ4n) is 3.71. The zero-order valence-corrected chi connectivity index (χ0v) is 17.2. The highest BCUT2D eigenvalue weighted by Gasteiger charge is 2.21. The average Bonchev–Trinajstić information content (AvgIpc) is 3.07. The maximum absolute atomic E-state index is 5.95. The van der Waals surface area contributed by atoms with Gasteiger partial charge in [0.25, 0.3) is 0 Å². The summed E-state index contributed by atoms with van der Waals surface area (Å²) in [5, 5.41) is 8.43. The van der Waals surface area contributed by atoms with Crippen molar-refractivity contribution in [2.24, 2.45) is 5.92 Å². The lowest BCUT2D eigenvalue weighted by Gasteiger charge is -2.34. The highest BCUT2D eigenvalue weighted by molar-refractivity contribution is 5.33. The first-order chi connectivity index (χ1) is 13.0. The highest BCUT2D eigenvalue weighted by Crippen LogP contribution is 2.20. The van der Waals surface area contributed by atoms with Crippen molar-refractivity contribution in [3.05, 3.63) is 47.8 Å². The number of hydrogen-bond donors (Lipinski definition) is 1. The third kappa shape index (κ3) is 5.64. The van der Waals surface area contributed by atoms with Crippen molar-refractivity contribution in [3.63, 3.8) is 0 Å². The molecule has 148 valence electrons. The number of nitrogens with zero attached hydrogens (tertiary/aromatic N) is 3. The second-order valence-electron chi connectivity index (χ2n) is 8.25. The van der Waals surface area contributed by atoms with Crippen LogP contribution in [0.25, 0.3) is 5.69 Å². The van der Waals surface area contributed by atoms with Gasteiger partial charge in [-0.1, -0.05) is 45.9 Å². The van der Waals surface area contributed by atoms with Crippen LogP contribution in [0.5, 0.6) is 0 Å². The van der Waals surface area contributed by atoms with E-state index in [9.17, 15) is 0 Å². The summed E-state index contributed by atoms with van der Waals surface area (Å²) in [6.45, 7) is 14.7. The molecule has 2 heterocycles. The van der Waals surface area contributed by atoms with Gasteiger partial charge in [-0.25, -0.2) is 4.68 Å². The zero-order valence-electron chi connectivity index (χ0n) is 17.2. The molecule has 1 aromatic heterocycles. The van der Waals surface area contributed by atoms with Crippen molar-refractivity contribution in [2.45, 2.75) is 46.3 Å². The topological polar surface area (TPSA) is 42.3 Å². The molecule has 5 heteroatoms. The lowest BCUT2D eigenvalue weighted by atomic mass is 10.1. The second kappa shape index (κ2) is 9.49. The number of ether oxygens (including phenoxy) is 1. The first kappa shape index (κ1) is 20.1. The molecule has 1 N–H and O–H groups in total. The van der Waals surface area contributed by atoms with Crippen LogP contribution in [-0.4, -0.2) is 53.6 Å². The summed E-state index contributed by atoms with van der Waals surface area (Å²) in [7, 11) is 0. The first-order valence-corrected chi connectivity index (χ1v) is 10.2. The molecule has 27 heavy (non-hydrogen) atoms. The maximum atomic E-state index is 5.95. The van der Waals surface area contributed by atoms with Crippen LogP contribution in [0.1, 0.15) is 44.9 Å². The highest BCUT2D eigenvalue weighted by atomic mass is 16.5. The van der Waals surface area contributed by atoms with E-state index in [1.54, 1.807) is 0 Å². The molecule has 1 aliphatic rings. The molecule has 1 saturated heterocycles. The van der Waals surface area contributed by atoms with Crippen LogP contribution in [0.2, 0.25) is 0 Å². The monoisotopic (exact) mass is 370 g/mol. The van der Waals surface area contributed by atoms with E-state index in [0.717, 1.165) is 50.7 Å². The van der Waals surface area contributed by atoms with E-state index < -0.39 is 0 Å². The first-order valence-electron chi connectivity index (χ1n) is 10.2. The number of morpholine rings is 1. The summed E-state index contributed by atoms with van der Waals surface area (Å²) >= 11 is 0. The number of nitrogens with one attached hydrogen (secondary N) is 1. The van der Waals surface area contributed by atoms with Gasteiger partial charge >= 0.3 is 0 Å². The standard InChI is InChI=1S/C22H34N4O/c1-17(2)14-25-10-11-27-21(16-25)13-23-12-19-15-26(24-22(19)18(3)4)20-8-6-5-7-9-20/h5-9,15,17-18,21,23H,10-14,16H2,1-4H3. The summed E-state index contributed by atoms with van der Waals surface area (Å²) in [5.41, 5.74) is 3.53. The van der Waals surface area contributed by atoms with E-state index in [-0.39, 0.29) is 6.10 Å². The largest absolute Gasteiger partial charge is 0.374 e. The van der Waals surface area contributed by atoms with Crippen LogP contribution < -0.4 is 5.32 Å².